The summed E-state index contributed by atoms with van der Waals surface area (Å²) in [5, 5.41) is 3.32. The van der Waals surface area contributed by atoms with Crippen LogP contribution in [0.1, 0.15) is 55.5 Å². The Kier molecular flexibility index (Phi) is 8.85. The van der Waals surface area contributed by atoms with Gasteiger partial charge < -0.3 is 15.1 Å². The van der Waals surface area contributed by atoms with Crippen LogP contribution in [0.25, 0.3) is 0 Å². The molecule has 4 atom stereocenters. The van der Waals surface area contributed by atoms with Gasteiger partial charge in [0.2, 0.25) is 5.91 Å². The van der Waals surface area contributed by atoms with Gasteiger partial charge in [-0.1, -0.05) is 35.4 Å². The Labute approximate surface area is 231 Å². The van der Waals surface area contributed by atoms with E-state index in [9.17, 15) is 18.0 Å². The summed E-state index contributed by atoms with van der Waals surface area (Å²) in [4.78, 5) is 30.7. The smallest absolute Gasteiger partial charge is 0.251 e. The van der Waals surface area contributed by atoms with Crippen LogP contribution in [0.4, 0.5) is 0 Å². The number of hydrogen-bond acceptors (Lipinski definition) is 5. The lowest BCUT2D eigenvalue weighted by atomic mass is 9.81. The highest BCUT2D eigenvalue weighted by Crippen LogP contribution is 2.36. The summed E-state index contributed by atoms with van der Waals surface area (Å²) in [6.07, 6.45) is 2.82. The molecule has 1 saturated heterocycles. The fourth-order valence-corrected chi connectivity index (χ4v) is 7.62. The molecule has 1 saturated carbocycles. The van der Waals surface area contributed by atoms with Crippen molar-refractivity contribution in [3.05, 3.63) is 64.7 Å². The standard InChI is InChI=1S/C29H38ClN3O4S/c1-19(2)32(4)24-10-13-27(22(17-24)18-38(36,37)25-11-8-20(3)9-12-25)33-15-14-26(29(33)35)31-28(34)21-6-5-7-23(30)16-21/h5-9,11-12,16,19,22,24,26-27H,10,13-15,17-18H2,1-4H3,(H,31,34)/t22-,24-,26+,27+/m1/s1. The molecular formula is C29H38ClN3O4S. The van der Waals surface area contributed by atoms with Gasteiger partial charge in [-0.15, -0.1) is 0 Å². The molecule has 0 bridgehead atoms. The van der Waals surface area contributed by atoms with Gasteiger partial charge in [0.15, 0.2) is 9.84 Å². The third-order valence-corrected chi connectivity index (χ3v) is 10.2. The molecule has 0 spiro atoms. The van der Waals surface area contributed by atoms with Crippen LogP contribution in [0.15, 0.2) is 53.4 Å². The second kappa shape index (κ2) is 11.8. The molecule has 9 heteroatoms. The number of halogens is 1. The van der Waals surface area contributed by atoms with Crippen LogP contribution in [0.3, 0.4) is 0 Å². The van der Waals surface area contributed by atoms with Crippen molar-refractivity contribution in [3.63, 3.8) is 0 Å². The molecule has 0 aromatic heterocycles. The molecule has 2 aliphatic rings. The highest BCUT2D eigenvalue weighted by Gasteiger charge is 2.44. The van der Waals surface area contributed by atoms with E-state index in [1.165, 1.54) is 0 Å². The van der Waals surface area contributed by atoms with E-state index in [2.05, 4.69) is 31.1 Å². The first-order valence-electron chi connectivity index (χ1n) is 13.3. The van der Waals surface area contributed by atoms with Crippen molar-refractivity contribution in [3.8, 4) is 0 Å². The number of amides is 2. The van der Waals surface area contributed by atoms with Gasteiger partial charge >= 0.3 is 0 Å². The molecule has 1 heterocycles. The number of hydrogen-bond donors (Lipinski definition) is 1. The second-order valence-electron chi connectivity index (χ2n) is 11.0. The average molecular weight is 560 g/mol. The molecule has 4 rings (SSSR count). The number of sulfone groups is 1. The summed E-state index contributed by atoms with van der Waals surface area (Å²) in [5.41, 5.74) is 1.41. The number of nitrogens with zero attached hydrogens (tertiary/aromatic N) is 2. The lowest BCUT2D eigenvalue weighted by Crippen LogP contribution is -2.53. The lowest BCUT2D eigenvalue weighted by Gasteiger charge is -2.44. The summed E-state index contributed by atoms with van der Waals surface area (Å²) < 4.78 is 26.9. The van der Waals surface area contributed by atoms with E-state index >= 15 is 0 Å². The molecule has 206 valence electrons. The minimum atomic E-state index is -3.54. The zero-order valence-corrected chi connectivity index (χ0v) is 24.1. The summed E-state index contributed by atoms with van der Waals surface area (Å²) in [7, 11) is -1.45. The van der Waals surface area contributed by atoms with Gasteiger partial charge in [0.1, 0.15) is 6.04 Å². The maximum atomic E-state index is 13.5. The van der Waals surface area contributed by atoms with E-state index < -0.39 is 15.9 Å². The van der Waals surface area contributed by atoms with Crippen molar-refractivity contribution in [2.45, 2.75) is 75.5 Å². The van der Waals surface area contributed by atoms with Gasteiger partial charge in [-0.05, 0) is 89.8 Å². The number of rotatable bonds is 8. The monoisotopic (exact) mass is 559 g/mol. The maximum absolute atomic E-state index is 13.5. The molecule has 7 nitrogen and oxygen atoms in total. The number of aryl methyl sites for hydroxylation is 1. The maximum Gasteiger partial charge on any atom is 0.251 e. The van der Waals surface area contributed by atoms with Gasteiger partial charge in [0.05, 0.1) is 10.6 Å². The van der Waals surface area contributed by atoms with Crippen molar-refractivity contribution in [2.75, 3.05) is 19.3 Å². The molecule has 1 N–H and O–H groups in total. The molecule has 2 aromatic rings. The largest absolute Gasteiger partial charge is 0.340 e. The minimum absolute atomic E-state index is 0.00746. The first kappa shape index (κ1) is 28.6. The Bertz CT molecular complexity index is 1260. The molecule has 1 aliphatic heterocycles. The average Bonchev–Trinajstić information content (AvgIpc) is 3.23. The second-order valence-corrected chi connectivity index (χ2v) is 13.5. The molecule has 1 aliphatic carbocycles. The van der Waals surface area contributed by atoms with Crippen molar-refractivity contribution in [2.24, 2.45) is 5.92 Å². The quantitative estimate of drug-likeness (QED) is 0.520. The summed E-state index contributed by atoms with van der Waals surface area (Å²) in [6.45, 7) is 6.71. The van der Waals surface area contributed by atoms with Crippen LogP contribution in [-0.2, 0) is 14.6 Å². The fourth-order valence-electron chi connectivity index (χ4n) is 5.76. The molecule has 2 amide bonds. The van der Waals surface area contributed by atoms with Crippen LogP contribution in [0.5, 0.6) is 0 Å². The Hall–Kier alpha value is -2.42. The first-order chi connectivity index (χ1) is 18.0. The molecule has 0 radical (unpaired) electrons. The number of benzene rings is 2. The van der Waals surface area contributed by atoms with E-state index in [0.29, 0.717) is 40.9 Å². The molecule has 38 heavy (non-hydrogen) atoms. The zero-order chi connectivity index (χ0) is 27.6. The van der Waals surface area contributed by atoms with Gasteiger partial charge in [-0.2, -0.15) is 0 Å². The lowest BCUT2D eigenvalue weighted by molar-refractivity contribution is -0.133. The van der Waals surface area contributed by atoms with E-state index in [1.807, 2.05) is 24.0 Å². The number of nitrogens with one attached hydrogen (secondary N) is 1. The van der Waals surface area contributed by atoms with Gasteiger partial charge in [0, 0.05) is 35.3 Å². The summed E-state index contributed by atoms with van der Waals surface area (Å²) in [6, 6.07) is 13.4. The molecule has 2 fully saturated rings. The minimum Gasteiger partial charge on any atom is -0.340 e. The Morgan fingerprint density at radius 1 is 1.13 bits per heavy atom. The van der Waals surface area contributed by atoms with E-state index in [4.69, 9.17) is 11.6 Å². The highest BCUT2D eigenvalue weighted by molar-refractivity contribution is 7.91. The Morgan fingerprint density at radius 3 is 2.50 bits per heavy atom. The van der Waals surface area contributed by atoms with E-state index in [0.717, 1.165) is 18.4 Å². The van der Waals surface area contributed by atoms with Crippen molar-refractivity contribution in [1.29, 1.82) is 0 Å². The van der Waals surface area contributed by atoms with Crippen molar-refractivity contribution < 1.29 is 18.0 Å². The summed E-state index contributed by atoms with van der Waals surface area (Å²) in [5.74, 6) is -0.688. The van der Waals surface area contributed by atoms with Gasteiger partial charge in [-0.3, -0.25) is 9.59 Å². The van der Waals surface area contributed by atoms with Crippen LogP contribution in [0, 0.1) is 12.8 Å². The van der Waals surface area contributed by atoms with E-state index in [-0.39, 0.29) is 35.6 Å². The molecule has 0 unspecified atom stereocenters. The summed E-state index contributed by atoms with van der Waals surface area (Å²) >= 11 is 6.03. The van der Waals surface area contributed by atoms with Gasteiger partial charge in [0.25, 0.3) is 5.91 Å². The predicted octanol–water partition coefficient (Wildman–Crippen LogP) is 4.33. The zero-order valence-electron chi connectivity index (χ0n) is 22.6. The number of likely N-dealkylation sites (tertiary alicyclic amines) is 1. The normalized spacial score (nSPS) is 24.3. The molecule has 2 aromatic carbocycles. The van der Waals surface area contributed by atoms with Crippen molar-refractivity contribution >= 4 is 33.3 Å². The van der Waals surface area contributed by atoms with Crippen molar-refractivity contribution in [1.82, 2.24) is 15.1 Å². The number of carbonyl (C=O) groups is 2. The van der Waals surface area contributed by atoms with Crippen LogP contribution in [0.2, 0.25) is 5.02 Å². The van der Waals surface area contributed by atoms with Gasteiger partial charge in [-0.25, -0.2) is 8.42 Å². The Morgan fingerprint density at radius 2 is 1.84 bits per heavy atom. The fraction of sp³-hybridized carbons (Fsp3) is 0.517. The van der Waals surface area contributed by atoms with Crippen LogP contribution in [-0.4, -0.2) is 73.5 Å². The third kappa shape index (κ3) is 6.41. The van der Waals surface area contributed by atoms with Crippen LogP contribution >= 0.6 is 11.6 Å². The Balaban J connectivity index is 1.53. The first-order valence-corrected chi connectivity index (χ1v) is 15.4. The number of carbonyl (C=O) groups excluding carboxylic acids is 2. The highest BCUT2D eigenvalue weighted by atomic mass is 35.5. The molecular weight excluding hydrogens is 522 g/mol. The van der Waals surface area contributed by atoms with Crippen LogP contribution < -0.4 is 5.32 Å². The van der Waals surface area contributed by atoms with E-state index in [1.54, 1.807) is 36.4 Å². The third-order valence-electron chi connectivity index (χ3n) is 8.15. The topological polar surface area (TPSA) is 86.8 Å². The SMILES string of the molecule is Cc1ccc(S(=O)(=O)C[C@H]2C[C@H](N(C)C(C)C)CC[C@@H]2N2CC[C@H](NC(=O)c3cccc(Cl)c3)C2=O)cc1. The predicted molar refractivity (Wildman–Crippen MR) is 150 cm³/mol.